The van der Waals surface area contributed by atoms with Crippen LogP contribution in [0.1, 0.15) is 71.6 Å². The minimum atomic E-state index is -1.25. The molecule has 0 amide bonds. The summed E-state index contributed by atoms with van der Waals surface area (Å²) in [6, 6.07) is 1.22. The van der Waals surface area contributed by atoms with Gasteiger partial charge in [0.15, 0.2) is 0 Å². The summed E-state index contributed by atoms with van der Waals surface area (Å²) in [6.07, 6.45) is 12.4. The largest absolute Gasteiger partial charge is 0.397 e. The zero-order chi connectivity index (χ0) is 12.3. The van der Waals surface area contributed by atoms with Crippen LogP contribution in [0, 0.1) is 0 Å². The van der Waals surface area contributed by atoms with E-state index in [2.05, 4.69) is 13.8 Å². The van der Waals surface area contributed by atoms with E-state index >= 15 is 0 Å². The second-order valence-corrected chi connectivity index (χ2v) is 7.34. The lowest BCUT2D eigenvalue weighted by atomic mass is 10.1. The van der Waals surface area contributed by atoms with Gasteiger partial charge >= 0.3 is 9.28 Å². The molecule has 0 bridgehead atoms. The third-order valence-electron chi connectivity index (χ3n) is 3.49. The maximum atomic E-state index is 6.04. The van der Waals surface area contributed by atoms with E-state index < -0.39 is 9.28 Å². The summed E-state index contributed by atoms with van der Waals surface area (Å²) in [5, 5.41) is 0. The Hall–Kier alpha value is 0.137. The van der Waals surface area contributed by atoms with Crippen LogP contribution >= 0.6 is 0 Å². The monoisotopic (exact) mass is 258 g/mol. The normalized spacial score (nSPS) is 22.6. The lowest BCUT2D eigenvalue weighted by molar-refractivity contribution is 0.126. The Kier molecular flexibility index (Phi) is 9.02. The molecule has 0 aromatic heterocycles. The van der Waals surface area contributed by atoms with Crippen molar-refractivity contribution in [3.05, 3.63) is 0 Å². The van der Waals surface area contributed by atoms with Crippen LogP contribution in [0.2, 0.25) is 6.04 Å². The Morgan fingerprint density at radius 1 is 1.12 bits per heavy atom. The molecule has 1 saturated heterocycles. The molecule has 0 N–H and O–H groups in total. The van der Waals surface area contributed by atoms with E-state index in [1.165, 1.54) is 63.8 Å². The van der Waals surface area contributed by atoms with Crippen molar-refractivity contribution in [3.8, 4) is 0 Å². The van der Waals surface area contributed by atoms with Gasteiger partial charge in [0.1, 0.15) is 0 Å². The minimum absolute atomic E-state index is 0.427. The molecule has 1 heterocycles. The molecule has 1 rings (SSSR count). The molecule has 0 saturated carbocycles. The van der Waals surface area contributed by atoms with E-state index in [0.717, 1.165) is 6.61 Å². The summed E-state index contributed by atoms with van der Waals surface area (Å²) in [6.45, 7) is 5.43. The lowest BCUT2D eigenvalue weighted by Gasteiger charge is -2.24. The van der Waals surface area contributed by atoms with Gasteiger partial charge in [-0.15, -0.1) is 0 Å². The Bertz CT molecular complexity index is 170. The van der Waals surface area contributed by atoms with Crippen molar-refractivity contribution >= 4 is 9.28 Å². The number of unbranched alkanes of at least 4 members (excludes halogenated alkanes) is 5. The molecule has 102 valence electrons. The summed E-state index contributed by atoms with van der Waals surface area (Å²) in [4.78, 5) is 0. The van der Waals surface area contributed by atoms with Crippen molar-refractivity contribution < 1.29 is 8.85 Å². The van der Waals surface area contributed by atoms with Gasteiger partial charge in [-0.05, 0) is 32.2 Å². The van der Waals surface area contributed by atoms with Crippen molar-refractivity contribution in [1.82, 2.24) is 0 Å². The van der Waals surface area contributed by atoms with Crippen LogP contribution in [-0.2, 0) is 8.85 Å². The van der Waals surface area contributed by atoms with Crippen LogP contribution in [0.25, 0.3) is 0 Å². The average Bonchev–Trinajstić information content (AvgIpc) is 2.35. The van der Waals surface area contributed by atoms with Crippen LogP contribution in [0.4, 0.5) is 0 Å². The molecule has 1 fully saturated rings. The lowest BCUT2D eigenvalue weighted by Crippen LogP contribution is -2.30. The summed E-state index contributed by atoms with van der Waals surface area (Å²) in [5.74, 6) is 0. The van der Waals surface area contributed by atoms with Gasteiger partial charge in [-0.1, -0.05) is 45.4 Å². The van der Waals surface area contributed by atoms with Crippen LogP contribution in [0.5, 0.6) is 0 Å². The van der Waals surface area contributed by atoms with E-state index in [1.54, 1.807) is 0 Å². The Morgan fingerprint density at radius 3 is 2.59 bits per heavy atom. The summed E-state index contributed by atoms with van der Waals surface area (Å²) in [7, 11) is -1.25. The quantitative estimate of drug-likeness (QED) is 0.456. The minimum Gasteiger partial charge on any atom is -0.397 e. The molecule has 1 aliphatic heterocycles. The topological polar surface area (TPSA) is 18.5 Å². The first kappa shape index (κ1) is 15.2. The number of rotatable bonds is 9. The standard InChI is InChI=1S/C14H30O2Si/c1-3-4-5-6-7-8-11-14(2)16-17-13-10-9-12-15-17/h14,17H,3-13H2,1-2H3. The van der Waals surface area contributed by atoms with Crippen molar-refractivity contribution in [1.29, 1.82) is 0 Å². The van der Waals surface area contributed by atoms with Crippen LogP contribution in [0.3, 0.4) is 0 Å². The maximum absolute atomic E-state index is 6.04. The second-order valence-electron chi connectivity index (χ2n) is 5.30. The highest BCUT2D eigenvalue weighted by atomic mass is 28.3. The van der Waals surface area contributed by atoms with E-state index in [1.807, 2.05) is 0 Å². The van der Waals surface area contributed by atoms with Gasteiger partial charge in [0.2, 0.25) is 0 Å². The predicted molar refractivity (Wildman–Crippen MR) is 75.7 cm³/mol. The van der Waals surface area contributed by atoms with Crippen molar-refractivity contribution in [2.45, 2.75) is 83.8 Å². The summed E-state index contributed by atoms with van der Waals surface area (Å²) >= 11 is 0. The van der Waals surface area contributed by atoms with Gasteiger partial charge in [0.25, 0.3) is 0 Å². The number of hydrogen-bond acceptors (Lipinski definition) is 2. The van der Waals surface area contributed by atoms with Crippen LogP contribution in [0.15, 0.2) is 0 Å². The van der Waals surface area contributed by atoms with E-state index in [4.69, 9.17) is 8.85 Å². The highest BCUT2D eigenvalue weighted by Gasteiger charge is 2.19. The summed E-state index contributed by atoms with van der Waals surface area (Å²) in [5.41, 5.74) is 0. The van der Waals surface area contributed by atoms with E-state index in [9.17, 15) is 0 Å². The molecular formula is C14H30O2Si. The van der Waals surface area contributed by atoms with Gasteiger partial charge in [-0.3, -0.25) is 0 Å². The molecule has 0 aromatic rings. The fraction of sp³-hybridized carbons (Fsp3) is 1.00. The third-order valence-corrected chi connectivity index (χ3v) is 5.74. The van der Waals surface area contributed by atoms with Crippen molar-refractivity contribution in [3.63, 3.8) is 0 Å². The Balaban J connectivity index is 1.91. The third kappa shape index (κ3) is 7.95. The van der Waals surface area contributed by atoms with Crippen LogP contribution in [-0.4, -0.2) is 22.0 Å². The zero-order valence-electron chi connectivity index (χ0n) is 11.7. The predicted octanol–water partition coefficient (Wildman–Crippen LogP) is 4.17. The molecule has 17 heavy (non-hydrogen) atoms. The van der Waals surface area contributed by atoms with Crippen molar-refractivity contribution in [2.75, 3.05) is 6.61 Å². The SMILES string of the molecule is CCCCCCCCC(C)O[SiH]1CCCCO1. The first-order valence-corrected chi connectivity index (χ1v) is 9.36. The van der Waals surface area contributed by atoms with Gasteiger partial charge in [-0.2, -0.15) is 0 Å². The number of hydrogen-bond donors (Lipinski definition) is 0. The first-order chi connectivity index (χ1) is 8.33. The van der Waals surface area contributed by atoms with Crippen LogP contribution < -0.4 is 0 Å². The fourth-order valence-corrected chi connectivity index (χ4v) is 4.44. The van der Waals surface area contributed by atoms with E-state index in [0.29, 0.717) is 6.10 Å². The van der Waals surface area contributed by atoms with Crippen molar-refractivity contribution in [2.24, 2.45) is 0 Å². The summed E-state index contributed by atoms with van der Waals surface area (Å²) < 4.78 is 11.8. The molecule has 2 unspecified atom stereocenters. The van der Waals surface area contributed by atoms with E-state index in [-0.39, 0.29) is 0 Å². The highest BCUT2D eigenvalue weighted by molar-refractivity contribution is 6.44. The Morgan fingerprint density at radius 2 is 1.88 bits per heavy atom. The molecule has 0 aliphatic carbocycles. The molecule has 2 atom stereocenters. The van der Waals surface area contributed by atoms with Gasteiger partial charge in [0, 0.05) is 12.7 Å². The van der Waals surface area contributed by atoms with Gasteiger partial charge in [0.05, 0.1) is 0 Å². The second kappa shape index (κ2) is 10.1. The molecular weight excluding hydrogens is 228 g/mol. The van der Waals surface area contributed by atoms with Gasteiger partial charge < -0.3 is 8.85 Å². The maximum Gasteiger partial charge on any atom is 0.321 e. The zero-order valence-corrected chi connectivity index (χ0v) is 12.9. The molecule has 2 nitrogen and oxygen atoms in total. The highest BCUT2D eigenvalue weighted by Crippen LogP contribution is 2.16. The molecule has 0 spiro atoms. The van der Waals surface area contributed by atoms with Gasteiger partial charge in [-0.25, -0.2) is 0 Å². The first-order valence-electron chi connectivity index (χ1n) is 7.60. The molecule has 1 aliphatic rings. The molecule has 0 radical (unpaired) electrons. The fourth-order valence-electron chi connectivity index (χ4n) is 2.36. The average molecular weight is 258 g/mol. The smallest absolute Gasteiger partial charge is 0.321 e. The molecule has 0 aromatic carbocycles. The Labute approximate surface area is 109 Å². The molecule has 3 heteroatoms.